The molecule has 0 amide bonds. The van der Waals surface area contributed by atoms with Crippen molar-refractivity contribution >= 4 is 5.96 Å². The minimum atomic E-state index is -0.235. The second-order valence-corrected chi connectivity index (χ2v) is 8.06. The Kier molecular flexibility index (Phi) is 6.44. The predicted molar refractivity (Wildman–Crippen MR) is 114 cm³/mol. The van der Waals surface area contributed by atoms with E-state index in [-0.39, 0.29) is 5.82 Å². The summed E-state index contributed by atoms with van der Waals surface area (Å²) in [5.41, 5.74) is 1.87. The molecule has 0 radical (unpaired) electrons. The third-order valence-electron chi connectivity index (χ3n) is 5.91. The first kappa shape index (κ1) is 19.9. The number of aliphatic imine (C=N–C) groups is 1. The Morgan fingerprint density at radius 3 is 2.72 bits per heavy atom. The summed E-state index contributed by atoms with van der Waals surface area (Å²) in [4.78, 5) is 9.48. The maximum atomic E-state index is 13.1. The van der Waals surface area contributed by atoms with Gasteiger partial charge in [0, 0.05) is 45.8 Å². The van der Waals surface area contributed by atoms with Crippen LogP contribution in [0.15, 0.2) is 41.5 Å². The van der Waals surface area contributed by atoms with Crippen molar-refractivity contribution < 1.29 is 4.39 Å². The van der Waals surface area contributed by atoms with Crippen LogP contribution in [-0.4, -0.2) is 71.9 Å². The Balaban J connectivity index is 1.24. The second kappa shape index (κ2) is 9.39. The summed E-state index contributed by atoms with van der Waals surface area (Å²) in [5.74, 6) is 1.51. The van der Waals surface area contributed by atoms with Gasteiger partial charge in [-0.15, -0.1) is 0 Å². The van der Waals surface area contributed by atoms with Crippen molar-refractivity contribution in [1.29, 1.82) is 0 Å². The number of nitrogens with one attached hydrogen (secondary N) is 1. The molecule has 2 aliphatic rings. The fourth-order valence-electron chi connectivity index (χ4n) is 4.37. The molecule has 1 atom stereocenters. The standard InChI is InChI=1S/C22H31FN6/c1-24-22(28-14-9-18(17-28)16-27-12-2-3-13-27)25-11-8-20-10-15-29(26-20)21-6-4-19(23)5-7-21/h4-7,10,15,18H,2-3,8-9,11-14,16-17H2,1H3,(H,24,25). The van der Waals surface area contributed by atoms with Crippen LogP contribution >= 0.6 is 0 Å². The number of aromatic nitrogens is 2. The summed E-state index contributed by atoms with van der Waals surface area (Å²) in [6.45, 7) is 6.74. The number of nitrogens with zero attached hydrogens (tertiary/aromatic N) is 5. The Hall–Kier alpha value is -2.41. The lowest BCUT2D eigenvalue weighted by Gasteiger charge is -2.23. The van der Waals surface area contributed by atoms with Crippen LogP contribution in [0.1, 0.15) is 25.0 Å². The largest absolute Gasteiger partial charge is 0.356 e. The highest BCUT2D eigenvalue weighted by Gasteiger charge is 2.27. The van der Waals surface area contributed by atoms with E-state index in [1.807, 2.05) is 19.3 Å². The van der Waals surface area contributed by atoms with E-state index < -0.39 is 0 Å². The van der Waals surface area contributed by atoms with Crippen molar-refractivity contribution in [2.24, 2.45) is 10.9 Å². The highest BCUT2D eigenvalue weighted by Crippen LogP contribution is 2.20. The van der Waals surface area contributed by atoms with Gasteiger partial charge in [-0.1, -0.05) is 0 Å². The molecule has 29 heavy (non-hydrogen) atoms. The lowest BCUT2D eigenvalue weighted by Crippen LogP contribution is -2.41. The van der Waals surface area contributed by atoms with Gasteiger partial charge >= 0.3 is 0 Å². The Bertz CT molecular complexity index is 809. The van der Waals surface area contributed by atoms with Gasteiger partial charge in [-0.05, 0) is 68.6 Å². The molecule has 6 nitrogen and oxygen atoms in total. The summed E-state index contributed by atoms with van der Waals surface area (Å²) in [5, 5.41) is 8.09. The van der Waals surface area contributed by atoms with E-state index in [2.05, 4.69) is 25.2 Å². The number of guanidine groups is 1. The van der Waals surface area contributed by atoms with Gasteiger partial charge in [0.1, 0.15) is 5.82 Å². The van der Waals surface area contributed by atoms with Gasteiger partial charge in [-0.3, -0.25) is 4.99 Å². The molecule has 2 saturated heterocycles. The van der Waals surface area contributed by atoms with Gasteiger partial charge in [-0.25, -0.2) is 9.07 Å². The van der Waals surface area contributed by atoms with Crippen molar-refractivity contribution in [2.75, 3.05) is 46.3 Å². The van der Waals surface area contributed by atoms with Gasteiger partial charge in [-0.2, -0.15) is 5.10 Å². The molecule has 7 heteroatoms. The van der Waals surface area contributed by atoms with E-state index in [1.54, 1.807) is 16.8 Å². The zero-order valence-electron chi connectivity index (χ0n) is 17.2. The van der Waals surface area contributed by atoms with Gasteiger partial charge < -0.3 is 15.1 Å². The maximum absolute atomic E-state index is 13.1. The maximum Gasteiger partial charge on any atom is 0.193 e. The predicted octanol–water partition coefficient (Wildman–Crippen LogP) is 2.55. The van der Waals surface area contributed by atoms with Crippen LogP contribution in [-0.2, 0) is 6.42 Å². The molecule has 0 aliphatic carbocycles. The average Bonchev–Trinajstić information content (AvgIpc) is 3.49. The van der Waals surface area contributed by atoms with Crippen molar-refractivity contribution in [1.82, 2.24) is 24.9 Å². The van der Waals surface area contributed by atoms with Crippen LogP contribution in [0.4, 0.5) is 4.39 Å². The van der Waals surface area contributed by atoms with E-state index in [4.69, 9.17) is 0 Å². The zero-order valence-corrected chi connectivity index (χ0v) is 17.2. The molecule has 2 aliphatic heterocycles. The average molecular weight is 399 g/mol. The summed E-state index contributed by atoms with van der Waals surface area (Å²) in [6, 6.07) is 8.39. The van der Waals surface area contributed by atoms with Crippen LogP contribution in [0.3, 0.4) is 0 Å². The van der Waals surface area contributed by atoms with Gasteiger partial charge in [0.25, 0.3) is 0 Å². The quantitative estimate of drug-likeness (QED) is 0.600. The van der Waals surface area contributed by atoms with E-state index in [0.29, 0.717) is 0 Å². The fourth-order valence-corrected chi connectivity index (χ4v) is 4.37. The van der Waals surface area contributed by atoms with Crippen molar-refractivity contribution in [3.8, 4) is 5.69 Å². The summed E-state index contributed by atoms with van der Waals surface area (Å²) >= 11 is 0. The number of rotatable bonds is 6. The van der Waals surface area contributed by atoms with Crippen LogP contribution in [0, 0.1) is 11.7 Å². The third kappa shape index (κ3) is 5.15. The molecule has 1 N–H and O–H groups in total. The SMILES string of the molecule is CN=C(NCCc1ccn(-c2ccc(F)cc2)n1)N1CCC(CN2CCCC2)C1. The third-order valence-corrected chi connectivity index (χ3v) is 5.91. The number of hydrogen-bond acceptors (Lipinski definition) is 3. The molecular formula is C22H31FN6. The first-order valence-electron chi connectivity index (χ1n) is 10.7. The Labute approximate surface area is 172 Å². The first-order chi connectivity index (χ1) is 14.2. The highest BCUT2D eigenvalue weighted by molar-refractivity contribution is 5.80. The molecule has 1 aromatic heterocycles. The molecule has 1 unspecified atom stereocenters. The van der Waals surface area contributed by atoms with E-state index in [0.717, 1.165) is 49.3 Å². The van der Waals surface area contributed by atoms with Gasteiger partial charge in [0.15, 0.2) is 5.96 Å². The molecule has 0 bridgehead atoms. The molecule has 4 rings (SSSR count). The van der Waals surface area contributed by atoms with E-state index in [9.17, 15) is 4.39 Å². The van der Waals surface area contributed by atoms with Crippen molar-refractivity contribution in [3.05, 3.63) is 48.0 Å². The summed E-state index contributed by atoms with van der Waals surface area (Å²) < 4.78 is 14.9. The summed E-state index contributed by atoms with van der Waals surface area (Å²) in [7, 11) is 1.86. The first-order valence-corrected chi connectivity index (χ1v) is 10.7. The molecule has 0 spiro atoms. The minimum absolute atomic E-state index is 0.235. The van der Waals surface area contributed by atoms with E-state index >= 15 is 0 Å². The molecule has 1 aromatic carbocycles. The smallest absolute Gasteiger partial charge is 0.193 e. The molecule has 3 heterocycles. The number of benzene rings is 1. The number of likely N-dealkylation sites (tertiary alicyclic amines) is 2. The topological polar surface area (TPSA) is 48.7 Å². The van der Waals surface area contributed by atoms with Gasteiger partial charge in [0.2, 0.25) is 0 Å². The van der Waals surface area contributed by atoms with Crippen LogP contribution in [0.25, 0.3) is 5.69 Å². The number of hydrogen-bond donors (Lipinski definition) is 1. The highest BCUT2D eigenvalue weighted by atomic mass is 19.1. The summed E-state index contributed by atoms with van der Waals surface area (Å²) in [6.07, 6.45) is 6.70. The molecule has 156 valence electrons. The Morgan fingerprint density at radius 2 is 1.97 bits per heavy atom. The normalized spacial score (nSPS) is 20.6. The molecule has 2 aromatic rings. The molecular weight excluding hydrogens is 367 g/mol. The second-order valence-electron chi connectivity index (χ2n) is 8.06. The van der Waals surface area contributed by atoms with Crippen molar-refractivity contribution in [2.45, 2.75) is 25.7 Å². The van der Waals surface area contributed by atoms with Crippen LogP contribution < -0.4 is 5.32 Å². The van der Waals surface area contributed by atoms with Gasteiger partial charge in [0.05, 0.1) is 11.4 Å². The van der Waals surface area contributed by atoms with Crippen molar-refractivity contribution in [3.63, 3.8) is 0 Å². The Morgan fingerprint density at radius 1 is 1.17 bits per heavy atom. The monoisotopic (exact) mass is 398 g/mol. The van der Waals surface area contributed by atoms with Crippen LogP contribution in [0.2, 0.25) is 0 Å². The number of halogens is 1. The fraction of sp³-hybridized carbons (Fsp3) is 0.545. The lowest BCUT2D eigenvalue weighted by atomic mass is 10.1. The van der Waals surface area contributed by atoms with E-state index in [1.165, 1.54) is 51.0 Å². The van der Waals surface area contributed by atoms with Crippen LogP contribution in [0.5, 0.6) is 0 Å². The molecule has 0 saturated carbocycles. The minimum Gasteiger partial charge on any atom is -0.356 e. The zero-order chi connectivity index (χ0) is 20.1. The molecule has 2 fully saturated rings. The lowest BCUT2D eigenvalue weighted by molar-refractivity contribution is 0.281.